The summed E-state index contributed by atoms with van der Waals surface area (Å²) in [6.45, 7) is 2.80. The van der Waals surface area contributed by atoms with Crippen LogP contribution in [0.1, 0.15) is 28.9 Å². The molecular weight excluding hydrogens is 434 g/mol. The monoisotopic (exact) mass is 454 g/mol. The summed E-state index contributed by atoms with van der Waals surface area (Å²) in [6, 6.07) is 2.56. The summed E-state index contributed by atoms with van der Waals surface area (Å²) in [4.78, 5) is 18.6. The van der Waals surface area contributed by atoms with Crippen molar-refractivity contribution in [2.24, 2.45) is 0 Å². The third-order valence-corrected chi connectivity index (χ3v) is 5.18. The number of nitrogens with two attached hydrogens (primary N) is 1. The van der Waals surface area contributed by atoms with Crippen molar-refractivity contribution in [3.8, 4) is 5.75 Å². The van der Waals surface area contributed by atoms with Gasteiger partial charge in [0, 0.05) is 29.9 Å². The van der Waals surface area contributed by atoms with Crippen molar-refractivity contribution in [1.82, 2.24) is 15.2 Å². The van der Waals surface area contributed by atoms with Crippen molar-refractivity contribution in [3.63, 3.8) is 0 Å². The fraction of sp³-hybridized carbons (Fsp3) is 0.300. The standard InChI is InChI=1S/C20H21Cl2FN4O3/c1-10(15-13(21)4-5-14(23)16(15)22)30-18-17-11(8-26-19(18)24)12(9-29-17)20(28)25-6-7-27(2)3/h4-5,8-10H,6-7H2,1-3H3,(H2,24,26)(H,25,28)/t10-/m1/s1. The summed E-state index contributed by atoms with van der Waals surface area (Å²) in [5.74, 6) is -0.765. The van der Waals surface area contributed by atoms with Crippen molar-refractivity contribution in [1.29, 1.82) is 0 Å². The Labute approximate surface area is 182 Å². The van der Waals surface area contributed by atoms with E-state index in [9.17, 15) is 9.18 Å². The molecular formula is C20H21Cl2FN4O3. The van der Waals surface area contributed by atoms with Gasteiger partial charge in [-0.3, -0.25) is 4.79 Å². The maximum absolute atomic E-state index is 13.9. The molecule has 1 atom stereocenters. The summed E-state index contributed by atoms with van der Waals surface area (Å²) in [5.41, 5.74) is 6.79. The number of amides is 1. The lowest BCUT2D eigenvalue weighted by molar-refractivity contribution is 0.0952. The minimum atomic E-state index is -0.766. The van der Waals surface area contributed by atoms with Gasteiger partial charge in [0.15, 0.2) is 11.4 Å². The number of fused-ring (bicyclic) bond motifs is 1. The van der Waals surface area contributed by atoms with Crippen molar-refractivity contribution in [2.75, 3.05) is 32.9 Å². The maximum atomic E-state index is 13.9. The van der Waals surface area contributed by atoms with Gasteiger partial charge in [0.05, 0.1) is 16.0 Å². The van der Waals surface area contributed by atoms with Crippen molar-refractivity contribution < 1.29 is 18.3 Å². The minimum absolute atomic E-state index is 0.0481. The Kier molecular flexibility index (Phi) is 6.70. The number of anilines is 1. The minimum Gasteiger partial charge on any atom is -0.478 e. The second-order valence-electron chi connectivity index (χ2n) is 6.94. The third kappa shape index (κ3) is 4.45. The molecule has 0 saturated heterocycles. The van der Waals surface area contributed by atoms with E-state index in [1.54, 1.807) is 6.92 Å². The second-order valence-corrected chi connectivity index (χ2v) is 7.73. The number of furan rings is 1. The molecule has 7 nitrogen and oxygen atoms in total. The first-order valence-electron chi connectivity index (χ1n) is 9.09. The topological polar surface area (TPSA) is 93.6 Å². The van der Waals surface area contributed by atoms with Gasteiger partial charge in [0.25, 0.3) is 5.91 Å². The van der Waals surface area contributed by atoms with Crippen molar-refractivity contribution in [2.45, 2.75) is 13.0 Å². The predicted octanol–water partition coefficient (Wildman–Crippen LogP) is 4.29. The van der Waals surface area contributed by atoms with E-state index in [0.29, 0.717) is 24.0 Å². The number of carbonyl (C=O) groups excluding carboxylic acids is 1. The van der Waals surface area contributed by atoms with E-state index in [2.05, 4.69) is 10.3 Å². The number of nitrogens with one attached hydrogen (secondary N) is 1. The molecule has 3 aromatic rings. The lowest BCUT2D eigenvalue weighted by Gasteiger charge is -2.18. The number of benzene rings is 1. The molecule has 0 unspecified atom stereocenters. The summed E-state index contributed by atoms with van der Waals surface area (Å²) >= 11 is 12.2. The Bertz CT molecular complexity index is 1090. The van der Waals surface area contributed by atoms with Crippen LogP contribution in [-0.4, -0.2) is 43.0 Å². The van der Waals surface area contributed by atoms with Crippen molar-refractivity contribution >= 4 is 45.9 Å². The van der Waals surface area contributed by atoms with Crippen LogP contribution < -0.4 is 15.8 Å². The van der Waals surface area contributed by atoms with Gasteiger partial charge in [-0.1, -0.05) is 23.2 Å². The molecule has 3 N–H and O–H groups in total. The lowest BCUT2D eigenvalue weighted by Crippen LogP contribution is -2.31. The summed E-state index contributed by atoms with van der Waals surface area (Å²) in [6.07, 6.45) is 1.99. The zero-order valence-electron chi connectivity index (χ0n) is 16.6. The first-order chi connectivity index (χ1) is 14.2. The quantitative estimate of drug-likeness (QED) is 0.517. The van der Waals surface area contributed by atoms with Gasteiger partial charge in [-0.15, -0.1) is 0 Å². The number of halogens is 3. The molecule has 0 saturated carbocycles. The Morgan fingerprint density at radius 3 is 2.83 bits per heavy atom. The molecule has 2 heterocycles. The number of carbonyl (C=O) groups is 1. The fourth-order valence-electron chi connectivity index (χ4n) is 2.91. The average molecular weight is 455 g/mol. The highest BCUT2D eigenvalue weighted by Crippen LogP contribution is 2.39. The Morgan fingerprint density at radius 1 is 1.40 bits per heavy atom. The molecule has 0 radical (unpaired) electrons. The summed E-state index contributed by atoms with van der Waals surface area (Å²) in [5, 5.41) is 3.35. The third-order valence-electron chi connectivity index (χ3n) is 4.47. The van der Waals surface area contributed by atoms with E-state index in [-0.39, 0.29) is 38.7 Å². The van der Waals surface area contributed by atoms with Crippen LogP contribution in [0.2, 0.25) is 10.0 Å². The van der Waals surface area contributed by atoms with Gasteiger partial charge in [-0.25, -0.2) is 9.37 Å². The van der Waals surface area contributed by atoms with Crippen LogP contribution in [0.4, 0.5) is 10.2 Å². The van der Waals surface area contributed by atoms with Gasteiger partial charge in [-0.2, -0.15) is 0 Å². The molecule has 0 fully saturated rings. The number of nitrogens with zero attached hydrogens (tertiary/aromatic N) is 2. The molecule has 10 heteroatoms. The zero-order valence-corrected chi connectivity index (χ0v) is 18.1. The average Bonchev–Trinajstić information content (AvgIpc) is 3.11. The first kappa shape index (κ1) is 22.1. The SMILES string of the molecule is C[C@@H](Oc1c(N)ncc2c(C(=O)NCCN(C)C)coc12)c1c(Cl)ccc(F)c1Cl. The number of ether oxygens (including phenoxy) is 1. The highest BCUT2D eigenvalue weighted by atomic mass is 35.5. The molecule has 1 aromatic carbocycles. The predicted molar refractivity (Wildman–Crippen MR) is 115 cm³/mol. The van der Waals surface area contributed by atoms with Gasteiger partial charge in [0.1, 0.15) is 18.2 Å². The molecule has 0 aliphatic heterocycles. The molecule has 3 rings (SSSR count). The molecule has 1 amide bonds. The normalized spacial score (nSPS) is 12.4. The largest absolute Gasteiger partial charge is 0.478 e. The Morgan fingerprint density at radius 2 is 2.13 bits per heavy atom. The molecule has 0 aliphatic carbocycles. The van der Waals surface area contributed by atoms with Gasteiger partial charge in [-0.05, 0) is 33.2 Å². The zero-order chi connectivity index (χ0) is 22.0. The number of hydrogen-bond acceptors (Lipinski definition) is 6. The highest BCUT2D eigenvalue weighted by Gasteiger charge is 2.24. The number of hydrogen-bond donors (Lipinski definition) is 2. The molecule has 160 valence electrons. The Balaban J connectivity index is 1.92. The summed E-state index contributed by atoms with van der Waals surface area (Å²) < 4.78 is 25.4. The van der Waals surface area contributed by atoms with E-state index in [0.717, 1.165) is 0 Å². The second kappa shape index (κ2) is 9.07. The fourth-order valence-corrected chi connectivity index (χ4v) is 3.59. The highest BCUT2D eigenvalue weighted by molar-refractivity contribution is 6.36. The van der Waals surface area contributed by atoms with Crippen LogP contribution in [0.3, 0.4) is 0 Å². The smallest absolute Gasteiger partial charge is 0.255 e. The van der Waals surface area contributed by atoms with Crippen molar-refractivity contribution in [3.05, 3.63) is 51.6 Å². The van der Waals surface area contributed by atoms with Crippen LogP contribution in [0, 0.1) is 5.82 Å². The molecule has 0 aliphatic rings. The van der Waals surface area contributed by atoms with E-state index >= 15 is 0 Å². The number of rotatable bonds is 7. The molecule has 0 bridgehead atoms. The van der Waals surface area contributed by atoms with Gasteiger partial charge < -0.3 is 25.1 Å². The van der Waals surface area contributed by atoms with E-state index in [1.165, 1.54) is 24.6 Å². The van der Waals surface area contributed by atoms with Crippen LogP contribution in [-0.2, 0) is 0 Å². The first-order valence-corrected chi connectivity index (χ1v) is 9.85. The number of aromatic nitrogens is 1. The van der Waals surface area contributed by atoms with Crippen LogP contribution >= 0.6 is 23.2 Å². The molecule has 0 spiro atoms. The van der Waals surface area contributed by atoms with Gasteiger partial charge >= 0.3 is 0 Å². The van der Waals surface area contributed by atoms with E-state index in [1.807, 2.05) is 19.0 Å². The lowest BCUT2D eigenvalue weighted by atomic mass is 10.1. The van der Waals surface area contributed by atoms with Crippen LogP contribution in [0.5, 0.6) is 5.75 Å². The van der Waals surface area contributed by atoms with E-state index in [4.69, 9.17) is 38.1 Å². The van der Waals surface area contributed by atoms with E-state index < -0.39 is 11.9 Å². The molecule has 2 aromatic heterocycles. The summed E-state index contributed by atoms with van der Waals surface area (Å²) in [7, 11) is 3.82. The maximum Gasteiger partial charge on any atom is 0.255 e. The Hall–Kier alpha value is -2.55. The number of pyridine rings is 1. The van der Waals surface area contributed by atoms with Crippen LogP contribution in [0.15, 0.2) is 29.0 Å². The number of nitrogen functional groups attached to an aromatic ring is 1. The molecule has 30 heavy (non-hydrogen) atoms. The van der Waals surface area contributed by atoms with Gasteiger partial charge in [0.2, 0.25) is 5.75 Å². The number of likely N-dealkylation sites (N-methyl/N-ethyl adjacent to an activating group) is 1. The van der Waals surface area contributed by atoms with Crippen LogP contribution in [0.25, 0.3) is 11.0 Å².